The maximum absolute atomic E-state index is 12.7. The molecule has 3 atom stereocenters. The predicted molar refractivity (Wildman–Crippen MR) is 88.7 cm³/mol. The zero-order valence-electron chi connectivity index (χ0n) is 14.4. The molecule has 1 aliphatic carbocycles. The average molecular weight is 334 g/mol. The molecular formula is C17H26N4O3. The molecule has 1 saturated carbocycles. The molecule has 24 heavy (non-hydrogen) atoms. The van der Waals surface area contributed by atoms with Gasteiger partial charge in [-0.1, -0.05) is 0 Å². The van der Waals surface area contributed by atoms with Gasteiger partial charge in [-0.15, -0.1) is 0 Å². The molecule has 2 aliphatic rings. The minimum atomic E-state index is -0.0458. The third-order valence-corrected chi connectivity index (χ3v) is 4.78. The van der Waals surface area contributed by atoms with Crippen LogP contribution in [0.25, 0.3) is 0 Å². The summed E-state index contributed by atoms with van der Waals surface area (Å²) in [6.07, 6.45) is 6.72. The molecule has 1 aromatic rings. The van der Waals surface area contributed by atoms with Crippen LogP contribution in [0.5, 0.6) is 0 Å². The Morgan fingerprint density at radius 1 is 1.42 bits per heavy atom. The second kappa shape index (κ2) is 8.00. The van der Waals surface area contributed by atoms with Crippen LogP contribution in [0.4, 0.5) is 0 Å². The van der Waals surface area contributed by atoms with E-state index in [-0.39, 0.29) is 18.1 Å². The molecule has 0 aromatic carbocycles. The first-order chi connectivity index (χ1) is 11.7. The Labute approximate surface area is 143 Å². The van der Waals surface area contributed by atoms with Gasteiger partial charge in [-0.3, -0.25) is 9.78 Å². The van der Waals surface area contributed by atoms with Gasteiger partial charge in [0.05, 0.1) is 38.2 Å². The van der Waals surface area contributed by atoms with Crippen molar-refractivity contribution in [1.29, 1.82) is 0 Å². The van der Waals surface area contributed by atoms with Crippen molar-refractivity contribution in [2.45, 2.75) is 25.0 Å². The molecular weight excluding hydrogens is 308 g/mol. The van der Waals surface area contributed by atoms with Crippen LogP contribution in [-0.4, -0.2) is 84.8 Å². The van der Waals surface area contributed by atoms with Crippen molar-refractivity contribution in [3.63, 3.8) is 0 Å². The number of hydrogen-bond acceptors (Lipinski definition) is 6. The summed E-state index contributed by atoms with van der Waals surface area (Å²) in [5.74, 6) is 0.310. The monoisotopic (exact) mass is 334 g/mol. The van der Waals surface area contributed by atoms with Gasteiger partial charge < -0.3 is 19.3 Å². The Kier molecular flexibility index (Phi) is 5.76. The van der Waals surface area contributed by atoms with E-state index in [1.165, 1.54) is 6.20 Å². The molecule has 2 heterocycles. The zero-order valence-corrected chi connectivity index (χ0v) is 14.4. The van der Waals surface area contributed by atoms with Crippen LogP contribution in [0.3, 0.4) is 0 Å². The van der Waals surface area contributed by atoms with Crippen molar-refractivity contribution in [2.75, 3.05) is 47.0 Å². The van der Waals surface area contributed by atoms with E-state index in [0.717, 1.165) is 26.0 Å². The average Bonchev–Trinajstić information content (AvgIpc) is 3.02. The van der Waals surface area contributed by atoms with Gasteiger partial charge in [0.15, 0.2) is 0 Å². The van der Waals surface area contributed by atoms with Gasteiger partial charge in [0.25, 0.3) is 5.91 Å². The fraction of sp³-hybridized carbons (Fsp3) is 0.706. The number of rotatable bonds is 6. The Hall–Kier alpha value is -1.57. The van der Waals surface area contributed by atoms with E-state index in [0.29, 0.717) is 31.4 Å². The Morgan fingerprint density at radius 2 is 2.29 bits per heavy atom. The maximum atomic E-state index is 12.7. The van der Waals surface area contributed by atoms with Crippen LogP contribution < -0.4 is 0 Å². The van der Waals surface area contributed by atoms with Crippen LogP contribution in [0, 0.1) is 5.92 Å². The number of nitrogens with zero attached hydrogens (tertiary/aromatic N) is 4. The molecule has 7 nitrogen and oxygen atoms in total. The van der Waals surface area contributed by atoms with E-state index in [1.807, 2.05) is 19.0 Å². The third kappa shape index (κ3) is 3.91. The van der Waals surface area contributed by atoms with E-state index >= 15 is 0 Å². The van der Waals surface area contributed by atoms with Gasteiger partial charge >= 0.3 is 0 Å². The lowest BCUT2D eigenvalue weighted by molar-refractivity contribution is -0.0757. The van der Waals surface area contributed by atoms with Gasteiger partial charge in [-0.25, -0.2) is 4.98 Å². The summed E-state index contributed by atoms with van der Waals surface area (Å²) in [4.78, 5) is 24.9. The lowest BCUT2D eigenvalue weighted by atomic mass is 10.0. The van der Waals surface area contributed by atoms with Gasteiger partial charge in [-0.05, 0) is 26.9 Å². The predicted octanol–water partition coefficient (Wildman–Crippen LogP) is 0.674. The summed E-state index contributed by atoms with van der Waals surface area (Å²) in [6.45, 7) is 3.52. The molecule has 1 aromatic heterocycles. The Bertz CT molecular complexity index is 540. The van der Waals surface area contributed by atoms with Gasteiger partial charge in [0.2, 0.25) is 0 Å². The fourth-order valence-electron chi connectivity index (χ4n) is 3.53. The molecule has 0 N–H and O–H groups in total. The number of carbonyl (C=O) groups excluding carboxylic acids is 1. The van der Waals surface area contributed by atoms with Gasteiger partial charge in [-0.2, -0.15) is 0 Å². The molecule has 1 aliphatic heterocycles. The van der Waals surface area contributed by atoms with Crippen LogP contribution in [-0.2, 0) is 9.47 Å². The largest absolute Gasteiger partial charge is 0.380 e. The summed E-state index contributed by atoms with van der Waals surface area (Å²) in [5, 5.41) is 0. The molecule has 0 bridgehead atoms. The first-order valence-electron chi connectivity index (χ1n) is 8.58. The zero-order chi connectivity index (χ0) is 16.9. The van der Waals surface area contributed by atoms with Crippen molar-refractivity contribution in [3.05, 3.63) is 24.3 Å². The summed E-state index contributed by atoms with van der Waals surface area (Å²) in [6, 6.07) is 0.121. The molecule has 3 rings (SSSR count). The molecule has 0 radical (unpaired) electrons. The quantitative estimate of drug-likeness (QED) is 0.713. The summed E-state index contributed by atoms with van der Waals surface area (Å²) in [7, 11) is 4.07. The molecule has 1 saturated heterocycles. The van der Waals surface area contributed by atoms with E-state index in [2.05, 4.69) is 14.9 Å². The summed E-state index contributed by atoms with van der Waals surface area (Å²) in [5.41, 5.74) is 0.406. The summed E-state index contributed by atoms with van der Waals surface area (Å²) >= 11 is 0. The number of amides is 1. The van der Waals surface area contributed by atoms with Crippen molar-refractivity contribution in [2.24, 2.45) is 5.92 Å². The minimum Gasteiger partial charge on any atom is -0.380 e. The first-order valence-corrected chi connectivity index (χ1v) is 8.58. The Balaban J connectivity index is 1.58. The molecule has 0 spiro atoms. The van der Waals surface area contributed by atoms with E-state index in [1.54, 1.807) is 12.4 Å². The van der Waals surface area contributed by atoms with Crippen LogP contribution in [0.1, 0.15) is 23.3 Å². The van der Waals surface area contributed by atoms with Crippen molar-refractivity contribution < 1.29 is 14.3 Å². The standard InChI is InChI=1S/C17H26N4O3/c1-20(2)7-9-23-12-13-3-4-15-16(13)24-10-8-21(15)17(22)14-11-18-5-6-19-14/h5-6,11,13,15-16H,3-4,7-10,12H2,1-2H3. The number of fused-ring (bicyclic) bond motifs is 1. The normalized spacial score (nSPS) is 26.6. The van der Waals surface area contributed by atoms with Crippen molar-refractivity contribution in [1.82, 2.24) is 19.8 Å². The second-order valence-electron chi connectivity index (χ2n) is 6.71. The maximum Gasteiger partial charge on any atom is 0.274 e. The molecule has 1 amide bonds. The minimum absolute atomic E-state index is 0.0458. The Morgan fingerprint density at radius 3 is 3.04 bits per heavy atom. The van der Waals surface area contributed by atoms with E-state index in [4.69, 9.17) is 9.47 Å². The topological polar surface area (TPSA) is 67.8 Å². The molecule has 3 unspecified atom stereocenters. The van der Waals surface area contributed by atoms with Crippen LogP contribution >= 0.6 is 0 Å². The molecule has 132 valence electrons. The number of carbonyl (C=O) groups is 1. The lowest BCUT2D eigenvalue weighted by Crippen LogP contribution is -2.53. The number of aromatic nitrogens is 2. The number of ether oxygens (including phenoxy) is 2. The van der Waals surface area contributed by atoms with E-state index < -0.39 is 0 Å². The van der Waals surface area contributed by atoms with E-state index in [9.17, 15) is 4.79 Å². The van der Waals surface area contributed by atoms with Crippen LogP contribution in [0.15, 0.2) is 18.6 Å². The SMILES string of the molecule is CN(C)CCOCC1CCC2C1OCCN2C(=O)c1cnccn1. The van der Waals surface area contributed by atoms with Crippen molar-refractivity contribution >= 4 is 5.91 Å². The first kappa shape index (κ1) is 17.3. The number of morpholine rings is 1. The highest BCUT2D eigenvalue weighted by Crippen LogP contribution is 2.35. The third-order valence-electron chi connectivity index (χ3n) is 4.78. The fourth-order valence-corrected chi connectivity index (χ4v) is 3.53. The highest BCUT2D eigenvalue weighted by molar-refractivity contribution is 5.92. The number of hydrogen-bond donors (Lipinski definition) is 0. The lowest BCUT2D eigenvalue weighted by Gasteiger charge is -2.39. The van der Waals surface area contributed by atoms with Gasteiger partial charge in [0, 0.05) is 31.4 Å². The highest BCUT2D eigenvalue weighted by Gasteiger charge is 2.44. The molecule has 7 heteroatoms. The van der Waals surface area contributed by atoms with Gasteiger partial charge in [0.1, 0.15) is 5.69 Å². The van der Waals surface area contributed by atoms with Crippen molar-refractivity contribution in [3.8, 4) is 0 Å². The highest BCUT2D eigenvalue weighted by atomic mass is 16.5. The molecule has 2 fully saturated rings. The summed E-state index contributed by atoms with van der Waals surface area (Å²) < 4.78 is 11.8. The number of likely N-dealkylation sites (N-methyl/N-ethyl adjacent to an activating group) is 1. The van der Waals surface area contributed by atoms with Crippen LogP contribution in [0.2, 0.25) is 0 Å². The second-order valence-corrected chi connectivity index (χ2v) is 6.71. The smallest absolute Gasteiger partial charge is 0.274 e.